The van der Waals surface area contributed by atoms with Crippen molar-refractivity contribution in [3.8, 4) is 0 Å². The second-order valence-corrected chi connectivity index (χ2v) is 7.19. The van der Waals surface area contributed by atoms with E-state index in [4.69, 9.17) is 0 Å². The van der Waals surface area contributed by atoms with Gasteiger partial charge in [0.15, 0.2) is 5.16 Å². The van der Waals surface area contributed by atoms with E-state index < -0.39 is 5.60 Å². The average Bonchev–Trinajstić information content (AvgIpc) is 2.91. The first-order chi connectivity index (χ1) is 9.72. The average molecular weight is 313 g/mol. The highest BCUT2D eigenvalue weighted by Gasteiger charge is 2.23. The van der Waals surface area contributed by atoms with E-state index in [1.165, 1.54) is 11.8 Å². The molecule has 0 aliphatic heterocycles. The SMILES string of the molecule is CCC(O)(CC)CNC(=O)CSc1nccn1C(C)(C)C. The van der Waals surface area contributed by atoms with Gasteiger partial charge in [0.2, 0.25) is 5.91 Å². The van der Waals surface area contributed by atoms with Crippen molar-refractivity contribution >= 4 is 17.7 Å². The van der Waals surface area contributed by atoms with Crippen molar-refractivity contribution < 1.29 is 9.90 Å². The summed E-state index contributed by atoms with van der Waals surface area (Å²) in [4.78, 5) is 16.2. The summed E-state index contributed by atoms with van der Waals surface area (Å²) in [7, 11) is 0. The normalized spacial score (nSPS) is 12.5. The lowest BCUT2D eigenvalue weighted by molar-refractivity contribution is -0.119. The zero-order chi connectivity index (χ0) is 16.1. The number of aromatic nitrogens is 2. The molecule has 5 nitrogen and oxygen atoms in total. The Balaban J connectivity index is 2.49. The first-order valence-corrected chi connectivity index (χ1v) is 8.36. The molecule has 0 saturated carbocycles. The summed E-state index contributed by atoms with van der Waals surface area (Å²) in [5.41, 5.74) is -0.857. The number of nitrogens with one attached hydrogen (secondary N) is 1. The fourth-order valence-electron chi connectivity index (χ4n) is 1.85. The number of nitrogens with zero attached hydrogens (tertiary/aromatic N) is 2. The van der Waals surface area contributed by atoms with Gasteiger partial charge < -0.3 is 15.0 Å². The van der Waals surface area contributed by atoms with Gasteiger partial charge in [-0.05, 0) is 33.6 Å². The Hall–Kier alpha value is -1.01. The molecule has 0 bridgehead atoms. The molecule has 0 atom stereocenters. The molecule has 0 unspecified atom stereocenters. The summed E-state index contributed by atoms with van der Waals surface area (Å²) < 4.78 is 2.05. The van der Waals surface area contributed by atoms with Crippen LogP contribution in [0.3, 0.4) is 0 Å². The number of carbonyl (C=O) groups is 1. The molecule has 120 valence electrons. The van der Waals surface area contributed by atoms with E-state index in [9.17, 15) is 9.90 Å². The fraction of sp³-hybridized carbons (Fsp3) is 0.733. The molecule has 2 N–H and O–H groups in total. The van der Waals surface area contributed by atoms with Crippen LogP contribution in [0.1, 0.15) is 47.5 Å². The lowest BCUT2D eigenvalue weighted by Crippen LogP contribution is -2.42. The minimum atomic E-state index is -0.801. The van der Waals surface area contributed by atoms with Crippen molar-refractivity contribution in [1.82, 2.24) is 14.9 Å². The molecule has 21 heavy (non-hydrogen) atoms. The maximum atomic E-state index is 11.9. The zero-order valence-corrected chi connectivity index (χ0v) is 14.5. The van der Waals surface area contributed by atoms with Crippen molar-refractivity contribution in [3.63, 3.8) is 0 Å². The largest absolute Gasteiger partial charge is 0.388 e. The van der Waals surface area contributed by atoms with Gasteiger partial charge in [-0.1, -0.05) is 25.6 Å². The minimum Gasteiger partial charge on any atom is -0.388 e. The molecule has 1 aromatic rings. The predicted molar refractivity (Wildman–Crippen MR) is 86.5 cm³/mol. The van der Waals surface area contributed by atoms with Crippen molar-refractivity contribution in [2.45, 2.75) is 63.8 Å². The fourth-order valence-corrected chi connectivity index (χ4v) is 2.82. The van der Waals surface area contributed by atoms with Crippen LogP contribution in [0, 0.1) is 0 Å². The Kier molecular flexibility index (Phi) is 6.28. The van der Waals surface area contributed by atoms with Gasteiger partial charge in [0.05, 0.1) is 11.4 Å². The number of hydrogen-bond donors (Lipinski definition) is 2. The van der Waals surface area contributed by atoms with Crippen molar-refractivity contribution in [2.24, 2.45) is 0 Å². The highest BCUT2D eigenvalue weighted by molar-refractivity contribution is 7.99. The minimum absolute atomic E-state index is 0.0556. The quantitative estimate of drug-likeness (QED) is 0.759. The van der Waals surface area contributed by atoms with Crippen molar-refractivity contribution in [1.29, 1.82) is 0 Å². The number of aliphatic hydroxyl groups is 1. The molecule has 0 saturated heterocycles. The summed E-state index contributed by atoms with van der Waals surface area (Å²) >= 11 is 1.41. The lowest BCUT2D eigenvalue weighted by Gasteiger charge is -2.25. The second-order valence-electron chi connectivity index (χ2n) is 6.25. The number of imidazole rings is 1. The molecule has 0 aliphatic rings. The van der Waals surface area contributed by atoms with E-state index >= 15 is 0 Å². The van der Waals surface area contributed by atoms with Crippen LogP contribution in [-0.2, 0) is 10.3 Å². The Morgan fingerprint density at radius 1 is 1.38 bits per heavy atom. The zero-order valence-electron chi connectivity index (χ0n) is 13.6. The summed E-state index contributed by atoms with van der Waals surface area (Å²) in [5.74, 6) is 0.222. The van der Waals surface area contributed by atoms with E-state index in [1.54, 1.807) is 6.20 Å². The van der Waals surface area contributed by atoms with Gasteiger partial charge in [-0.3, -0.25) is 4.79 Å². The van der Waals surface area contributed by atoms with Crippen LogP contribution >= 0.6 is 11.8 Å². The number of rotatable bonds is 7. The van der Waals surface area contributed by atoms with Crippen molar-refractivity contribution in [2.75, 3.05) is 12.3 Å². The van der Waals surface area contributed by atoms with E-state index in [0.29, 0.717) is 25.1 Å². The number of amides is 1. The van der Waals surface area contributed by atoms with Crippen LogP contribution in [0.25, 0.3) is 0 Å². The molecule has 0 aliphatic carbocycles. The molecule has 0 aromatic carbocycles. The smallest absolute Gasteiger partial charge is 0.230 e. The van der Waals surface area contributed by atoms with Crippen LogP contribution in [-0.4, -0.2) is 38.5 Å². The Morgan fingerprint density at radius 2 is 2.00 bits per heavy atom. The highest BCUT2D eigenvalue weighted by Crippen LogP contribution is 2.23. The van der Waals surface area contributed by atoms with Gasteiger partial charge in [0.1, 0.15) is 0 Å². The number of carbonyl (C=O) groups excluding carboxylic acids is 1. The molecule has 0 fully saturated rings. The first-order valence-electron chi connectivity index (χ1n) is 7.37. The van der Waals surface area contributed by atoms with E-state index in [2.05, 4.69) is 35.6 Å². The Bertz CT molecular complexity index is 462. The summed E-state index contributed by atoms with van der Waals surface area (Å²) in [6.07, 6.45) is 4.93. The monoisotopic (exact) mass is 313 g/mol. The highest BCUT2D eigenvalue weighted by atomic mass is 32.2. The van der Waals surface area contributed by atoms with Gasteiger partial charge in [0.25, 0.3) is 0 Å². The molecule has 0 radical (unpaired) electrons. The van der Waals surface area contributed by atoms with Crippen molar-refractivity contribution in [3.05, 3.63) is 12.4 Å². The molecule has 1 rings (SSSR count). The van der Waals surface area contributed by atoms with Gasteiger partial charge in [-0.2, -0.15) is 0 Å². The van der Waals surface area contributed by atoms with E-state index in [-0.39, 0.29) is 11.4 Å². The van der Waals surface area contributed by atoms with Crippen LogP contribution in [0.2, 0.25) is 0 Å². The van der Waals surface area contributed by atoms with Gasteiger partial charge >= 0.3 is 0 Å². The second kappa shape index (κ2) is 7.31. The third kappa shape index (κ3) is 5.36. The lowest BCUT2D eigenvalue weighted by atomic mass is 9.98. The van der Waals surface area contributed by atoms with Gasteiger partial charge in [-0.15, -0.1) is 0 Å². The predicted octanol–water partition coefficient (Wildman–Crippen LogP) is 2.40. The molecule has 1 amide bonds. The van der Waals surface area contributed by atoms with Crippen LogP contribution in [0.5, 0.6) is 0 Å². The van der Waals surface area contributed by atoms with E-state index in [1.807, 2.05) is 20.0 Å². The van der Waals surface area contributed by atoms with Gasteiger partial charge in [0, 0.05) is 24.5 Å². The summed E-state index contributed by atoms with van der Waals surface area (Å²) in [6.45, 7) is 10.4. The third-order valence-electron chi connectivity index (χ3n) is 3.59. The topological polar surface area (TPSA) is 67.2 Å². The van der Waals surface area contributed by atoms with Crippen LogP contribution in [0.15, 0.2) is 17.6 Å². The number of thioether (sulfide) groups is 1. The van der Waals surface area contributed by atoms with E-state index in [0.717, 1.165) is 5.16 Å². The third-order valence-corrected chi connectivity index (χ3v) is 4.56. The maximum absolute atomic E-state index is 11.9. The molecule has 1 aromatic heterocycles. The van der Waals surface area contributed by atoms with Crippen LogP contribution < -0.4 is 5.32 Å². The maximum Gasteiger partial charge on any atom is 0.230 e. The Morgan fingerprint density at radius 3 is 2.52 bits per heavy atom. The molecule has 1 heterocycles. The molecular weight excluding hydrogens is 286 g/mol. The first kappa shape index (κ1) is 18.0. The molecule has 0 spiro atoms. The van der Waals surface area contributed by atoms with Gasteiger partial charge in [-0.25, -0.2) is 4.98 Å². The standard InChI is InChI=1S/C15H27N3O2S/c1-6-15(20,7-2)11-17-12(19)10-21-13-16-8-9-18(13)14(3,4)5/h8-9,20H,6-7,10-11H2,1-5H3,(H,17,19). The van der Waals surface area contributed by atoms with Crippen LogP contribution in [0.4, 0.5) is 0 Å². The molecular formula is C15H27N3O2S. The summed E-state index contributed by atoms with van der Waals surface area (Å²) in [5, 5.41) is 13.8. The number of hydrogen-bond acceptors (Lipinski definition) is 4. The molecule has 6 heteroatoms. The Labute approximate surface area is 131 Å². The summed E-state index contributed by atoms with van der Waals surface area (Å²) in [6, 6.07) is 0.